The quantitative estimate of drug-likeness (QED) is 0.438. The number of rotatable bonds is 9. The van der Waals surface area contributed by atoms with Crippen molar-refractivity contribution >= 4 is 39.2 Å². The molecule has 0 aliphatic heterocycles. The number of amides is 1. The first-order chi connectivity index (χ1) is 16.6. The van der Waals surface area contributed by atoms with Gasteiger partial charge in [-0.2, -0.15) is 0 Å². The maximum atomic E-state index is 13.2. The molecule has 1 saturated carbocycles. The summed E-state index contributed by atoms with van der Waals surface area (Å²) < 4.78 is 32.2. The first kappa shape index (κ1) is 24.8. The van der Waals surface area contributed by atoms with Crippen molar-refractivity contribution in [2.45, 2.75) is 44.3 Å². The Labute approximate surface area is 208 Å². The molecule has 1 fully saturated rings. The van der Waals surface area contributed by atoms with Crippen molar-refractivity contribution < 1.29 is 17.9 Å². The normalized spacial score (nSPS) is 13.8. The second-order valence-electron chi connectivity index (χ2n) is 8.56. The molecular formula is C23H25ClN6O4S. The summed E-state index contributed by atoms with van der Waals surface area (Å²) in [4.78, 5) is 30.0. The zero-order valence-electron chi connectivity index (χ0n) is 19.4. The third kappa shape index (κ3) is 5.68. The monoisotopic (exact) mass is 516 g/mol. The van der Waals surface area contributed by atoms with E-state index in [4.69, 9.17) is 16.3 Å². The van der Waals surface area contributed by atoms with Crippen molar-refractivity contribution in [2.75, 3.05) is 16.6 Å². The summed E-state index contributed by atoms with van der Waals surface area (Å²) in [7, 11) is -3.52. The minimum absolute atomic E-state index is 0.0620. The van der Waals surface area contributed by atoms with Crippen molar-refractivity contribution in [3.8, 4) is 17.1 Å². The van der Waals surface area contributed by atoms with Crippen LogP contribution in [0.5, 0.6) is 5.88 Å². The smallest absolute Gasteiger partial charge is 0.237 e. The summed E-state index contributed by atoms with van der Waals surface area (Å²) in [6, 6.07) is 6.70. The van der Waals surface area contributed by atoms with E-state index in [-0.39, 0.29) is 11.9 Å². The van der Waals surface area contributed by atoms with E-state index in [9.17, 15) is 13.2 Å². The number of benzene rings is 1. The Kier molecular flexibility index (Phi) is 6.91. The average Bonchev–Trinajstić information content (AvgIpc) is 3.67. The molecular weight excluding hydrogens is 492 g/mol. The van der Waals surface area contributed by atoms with Crippen LogP contribution in [0.25, 0.3) is 11.3 Å². The van der Waals surface area contributed by atoms with Crippen molar-refractivity contribution in [1.82, 2.24) is 19.9 Å². The van der Waals surface area contributed by atoms with E-state index < -0.39 is 20.7 Å². The highest BCUT2D eigenvalue weighted by atomic mass is 35.5. The molecule has 35 heavy (non-hydrogen) atoms. The number of nitrogens with zero attached hydrogens (tertiary/aromatic N) is 4. The van der Waals surface area contributed by atoms with Gasteiger partial charge in [0, 0.05) is 11.8 Å². The molecule has 0 radical (unpaired) electrons. The van der Waals surface area contributed by atoms with Crippen LogP contribution in [-0.2, 0) is 20.2 Å². The number of carbonyl (C=O) groups is 1. The van der Waals surface area contributed by atoms with Crippen LogP contribution in [-0.4, -0.2) is 46.1 Å². The number of nitrogens with one attached hydrogen (secondary N) is 2. The van der Waals surface area contributed by atoms with Crippen LogP contribution in [0.15, 0.2) is 42.9 Å². The first-order valence-corrected chi connectivity index (χ1v) is 12.9. The lowest BCUT2D eigenvalue weighted by Gasteiger charge is -2.24. The Balaban J connectivity index is 1.51. The number of hydrogen-bond acceptors (Lipinski definition) is 8. The van der Waals surface area contributed by atoms with E-state index in [0.29, 0.717) is 53.0 Å². The second-order valence-corrected chi connectivity index (χ2v) is 10.9. The molecule has 0 atom stereocenters. The van der Waals surface area contributed by atoms with E-state index in [1.165, 1.54) is 12.4 Å². The number of aromatic nitrogens is 4. The van der Waals surface area contributed by atoms with Crippen molar-refractivity contribution in [2.24, 2.45) is 0 Å². The van der Waals surface area contributed by atoms with Gasteiger partial charge in [0.25, 0.3) is 0 Å². The van der Waals surface area contributed by atoms with Crippen LogP contribution >= 0.6 is 11.6 Å². The Bertz CT molecular complexity index is 1360. The van der Waals surface area contributed by atoms with Gasteiger partial charge in [-0.15, -0.1) is 0 Å². The molecule has 3 aromatic rings. The molecule has 1 aliphatic rings. The molecule has 0 spiro atoms. The van der Waals surface area contributed by atoms with E-state index >= 15 is 0 Å². The second kappa shape index (κ2) is 9.74. The van der Waals surface area contributed by atoms with Gasteiger partial charge < -0.3 is 10.1 Å². The number of halogens is 1. The number of hydrogen-bond donors (Lipinski definition) is 2. The van der Waals surface area contributed by atoms with Crippen LogP contribution in [0.2, 0.25) is 5.02 Å². The highest BCUT2D eigenvalue weighted by Gasteiger charge is 2.37. The highest BCUT2D eigenvalue weighted by molar-refractivity contribution is 7.93. The molecule has 4 rings (SSSR count). The fourth-order valence-electron chi connectivity index (χ4n) is 3.22. The third-order valence-corrected chi connectivity index (χ3v) is 7.61. The predicted molar refractivity (Wildman–Crippen MR) is 133 cm³/mol. The largest absolute Gasteiger partial charge is 0.477 e. The van der Waals surface area contributed by atoms with Crippen LogP contribution in [0.4, 0.5) is 11.6 Å². The van der Waals surface area contributed by atoms with Crippen LogP contribution < -0.4 is 14.8 Å². The van der Waals surface area contributed by atoms with Crippen molar-refractivity contribution in [3.63, 3.8) is 0 Å². The predicted octanol–water partition coefficient (Wildman–Crippen LogP) is 3.81. The molecule has 0 bridgehead atoms. The van der Waals surface area contributed by atoms with Gasteiger partial charge in [-0.05, 0) is 51.8 Å². The van der Waals surface area contributed by atoms with Gasteiger partial charge in [-0.3, -0.25) is 14.5 Å². The molecule has 1 aliphatic carbocycles. The highest BCUT2D eigenvalue weighted by Crippen LogP contribution is 2.32. The zero-order valence-corrected chi connectivity index (χ0v) is 21.0. The minimum Gasteiger partial charge on any atom is -0.477 e. The van der Waals surface area contributed by atoms with Gasteiger partial charge in [0.05, 0.1) is 51.8 Å². The molecule has 0 saturated heterocycles. The van der Waals surface area contributed by atoms with Gasteiger partial charge in [0.2, 0.25) is 27.8 Å². The average molecular weight is 517 g/mol. The minimum atomic E-state index is -3.52. The first-order valence-electron chi connectivity index (χ1n) is 11.0. The molecule has 10 nitrogen and oxygen atoms in total. The van der Waals surface area contributed by atoms with E-state index in [1.807, 2.05) is 6.92 Å². The molecule has 2 N–H and O–H groups in total. The van der Waals surface area contributed by atoms with Crippen LogP contribution in [0.3, 0.4) is 0 Å². The standard InChI is InChI=1S/C23H25ClN6O4S/c1-4-34-20-13-25-12-18(27-20)14-5-8-17(16(24)11-14)28-21(31)23(2,3)19-9-10-26-22(29-19)30-35(32,33)15-6-7-15/h5,8-13,15H,4,6-7H2,1-3H3,(H,28,31)(H,26,29,30). The van der Waals surface area contributed by atoms with E-state index in [0.717, 1.165) is 0 Å². The van der Waals surface area contributed by atoms with Gasteiger partial charge in [-0.1, -0.05) is 17.7 Å². The van der Waals surface area contributed by atoms with Crippen LogP contribution in [0, 0.1) is 0 Å². The summed E-state index contributed by atoms with van der Waals surface area (Å²) >= 11 is 6.46. The van der Waals surface area contributed by atoms with Gasteiger partial charge in [-0.25, -0.2) is 23.4 Å². The maximum Gasteiger partial charge on any atom is 0.237 e. The summed E-state index contributed by atoms with van der Waals surface area (Å²) in [5.74, 6) is -0.0306. The maximum absolute atomic E-state index is 13.2. The molecule has 0 unspecified atom stereocenters. The third-order valence-electron chi connectivity index (χ3n) is 5.48. The summed E-state index contributed by atoms with van der Waals surface area (Å²) in [5, 5.41) is 2.73. The number of carbonyl (C=O) groups excluding carboxylic acids is 1. The molecule has 2 heterocycles. The summed E-state index contributed by atoms with van der Waals surface area (Å²) in [5.41, 5.74) is 0.949. The number of ether oxygens (including phenoxy) is 1. The fraction of sp³-hybridized carbons (Fsp3) is 0.348. The SMILES string of the molecule is CCOc1cncc(-c2ccc(NC(=O)C(C)(C)c3ccnc(NS(=O)(=O)C4CC4)n3)c(Cl)c2)n1. The summed E-state index contributed by atoms with van der Waals surface area (Å²) in [6.07, 6.45) is 5.78. The van der Waals surface area contributed by atoms with Crippen LogP contribution in [0.1, 0.15) is 39.3 Å². The Morgan fingerprint density at radius 1 is 1.20 bits per heavy atom. The Hall–Kier alpha value is -3.31. The van der Waals surface area contributed by atoms with Crippen molar-refractivity contribution in [3.05, 3.63) is 53.6 Å². The Morgan fingerprint density at radius 3 is 2.66 bits per heavy atom. The Morgan fingerprint density at radius 2 is 1.97 bits per heavy atom. The van der Waals surface area contributed by atoms with E-state index in [2.05, 4.69) is 30.0 Å². The van der Waals surface area contributed by atoms with Crippen molar-refractivity contribution in [1.29, 1.82) is 0 Å². The molecule has 1 aromatic carbocycles. The van der Waals surface area contributed by atoms with Gasteiger partial charge >= 0.3 is 0 Å². The molecule has 184 valence electrons. The van der Waals surface area contributed by atoms with E-state index in [1.54, 1.807) is 44.3 Å². The number of sulfonamides is 1. The lowest BCUT2D eigenvalue weighted by molar-refractivity contribution is -0.120. The topological polar surface area (TPSA) is 136 Å². The zero-order chi connectivity index (χ0) is 25.2. The molecule has 12 heteroatoms. The number of anilines is 2. The molecule has 2 aromatic heterocycles. The fourth-order valence-corrected chi connectivity index (χ4v) is 4.72. The van der Waals surface area contributed by atoms with Gasteiger partial charge in [0.1, 0.15) is 0 Å². The lowest BCUT2D eigenvalue weighted by Crippen LogP contribution is -2.36. The molecule has 1 amide bonds. The lowest BCUT2D eigenvalue weighted by atomic mass is 9.88. The van der Waals surface area contributed by atoms with Gasteiger partial charge in [0.15, 0.2) is 0 Å². The summed E-state index contributed by atoms with van der Waals surface area (Å²) in [6.45, 7) is 5.70.